The number of benzene rings is 2. The van der Waals surface area contributed by atoms with E-state index in [9.17, 15) is 22.8 Å². The minimum Gasteiger partial charge on any atom is -0.324 e. The van der Waals surface area contributed by atoms with Crippen LogP contribution >= 0.6 is 0 Å². The highest BCUT2D eigenvalue weighted by Crippen LogP contribution is 2.30. The van der Waals surface area contributed by atoms with Crippen molar-refractivity contribution >= 4 is 23.2 Å². The van der Waals surface area contributed by atoms with E-state index < -0.39 is 23.6 Å². The highest BCUT2D eigenvalue weighted by atomic mass is 19.4. The second-order valence-electron chi connectivity index (χ2n) is 5.71. The van der Waals surface area contributed by atoms with Gasteiger partial charge in [-0.3, -0.25) is 9.59 Å². The fourth-order valence-corrected chi connectivity index (χ4v) is 2.50. The van der Waals surface area contributed by atoms with Crippen LogP contribution in [0.25, 0.3) is 0 Å². The summed E-state index contributed by atoms with van der Waals surface area (Å²) in [7, 11) is 0. The van der Waals surface area contributed by atoms with Crippen molar-refractivity contribution in [2.75, 3.05) is 16.8 Å². The number of halogens is 3. The van der Waals surface area contributed by atoms with Crippen molar-refractivity contribution in [3.8, 4) is 0 Å². The van der Waals surface area contributed by atoms with Gasteiger partial charge in [-0.25, -0.2) is 0 Å². The Bertz CT molecular complexity index is 786. The average molecular weight is 364 g/mol. The summed E-state index contributed by atoms with van der Waals surface area (Å²) in [4.78, 5) is 25.3. The first kappa shape index (κ1) is 19.5. The molecule has 0 unspecified atom stereocenters. The van der Waals surface area contributed by atoms with E-state index in [4.69, 9.17) is 0 Å². The topological polar surface area (TPSA) is 49.4 Å². The van der Waals surface area contributed by atoms with Crippen LogP contribution in [-0.4, -0.2) is 18.4 Å². The number of para-hydroxylation sites is 1. The van der Waals surface area contributed by atoms with Gasteiger partial charge in [0.1, 0.15) is 6.54 Å². The highest BCUT2D eigenvalue weighted by Gasteiger charge is 2.30. The molecule has 26 heavy (non-hydrogen) atoms. The van der Waals surface area contributed by atoms with Gasteiger partial charge in [-0.2, -0.15) is 13.2 Å². The van der Waals surface area contributed by atoms with E-state index in [0.29, 0.717) is 5.69 Å². The quantitative estimate of drug-likeness (QED) is 0.862. The van der Waals surface area contributed by atoms with Crippen LogP contribution in [0.2, 0.25) is 0 Å². The molecule has 0 atom stereocenters. The first-order valence-electron chi connectivity index (χ1n) is 8.05. The molecule has 2 aromatic carbocycles. The maximum absolute atomic E-state index is 12.7. The molecule has 0 saturated heterocycles. The van der Waals surface area contributed by atoms with Gasteiger partial charge in [-0.15, -0.1) is 0 Å². The molecule has 0 aliphatic rings. The van der Waals surface area contributed by atoms with Gasteiger partial charge in [-0.1, -0.05) is 25.1 Å². The van der Waals surface area contributed by atoms with Crippen LogP contribution in [0.1, 0.15) is 25.0 Å². The Morgan fingerprint density at radius 3 is 2.19 bits per heavy atom. The SMILES string of the molecule is CCc1ccccc1NC(=O)CN(C(C)=O)c1ccc(C(F)(F)F)cc1. The molecule has 2 rings (SSSR count). The van der Waals surface area contributed by atoms with E-state index >= 15 is 0 Å². The standard InChI is InChI=1S/C19H19F3N2O2/c1-3-14-6-4-5-7-17(14)23-18(26)12-24(13(2)25)16-10-8-15(9-11-16)19(20,21)22/h4-11H,3,12H2,1-2H3,(H,23,26). The summed E-state index contributed by atoms with van der Waals surface area (Å²) in [5.41, 5.74) is 1.01. The fraction of sp³-hybridized carbons (Fsp3) is 0.263. The van der Waals surface area contributed by atoms with Crippen molar-refractivity contribution in [3.05, 3.63) is 59.7 Å². The lowest BCUT2D eigenvalue weighted by molar-refractivity contribution is -0.137. The Hall–Kier alpha value is -2.83. The van der Waals surface area contributed by atoms with Gasteiger partial charge < -0.3 is 10.2 Å². The second kappa shape index (κ2) is 8.03. The Morgan fingerprint density at radius 2 is 1.65 bits per heavy atom. The number of amides is 2. The summed E-state index contributed by atoms with van der Waals surface area (Å²) in [5.74, 6) is -0.871. The highest BCUT2D eigenvalue weighted by molar-refractivity contribution is 6.02. The van der Waals surface area contributed by atoms with E-state index in [1.54, 1.807) is 12.1 Å². The Labute approximate surface area is 149 Å². The zero-order chi connectivity index (χ0) is 19.3. The minimum atomic E-state index is -4.46. The smallest absolute Gasteiger partial charge is 0.324 e. The molecule has 4 nitrogen and oxygen atoms in total. The molecule has 2 aromatic rings. The van der Waals surface area contributed by atoms with E-state index in [-0.39, 0.29) is 12.2 Å². The molecule has 1 N–H and O–H groups in total. The van der Waals surface area contributed by atoms with Crippen LogP contribution < -0.4 is 10.2 Å². The number of aryl methyl sites for hydroxylation is 1. The summed E-state index contributed by atoms with van der Waals surface area (Å²) in [5, 5.41) is 2.74. The number of alkyl halides is 3. The lowest BCUT2D eigenvalue weighted by Crippen LogP contribution is -2.36. The van der Waals surface area contributed by atoms with Crippen LogP contribution in [0.5, 0.6) is 0 Å². The molecule has 0 radical (unpaired) electrons. The maximum Gasteiger partial charge on any atom is 0.416 e. The molecular formula is C19H19F3N2O2. The molecule has 0 bridgehead atoms. The molecule has 7 heteroatoms. The molecule has 0 aliphatic carbocycles. The molecule has 0 aliphatic heterocycles. The first-order chi connectivity index (χ1) is 12.2. The molecule has 2 amide bonds. The van der Waals surface area contributed by atoms with Crippen LogP contribution in [0.3, 0.4) is 0 Å². The number of rotatable bonds is 5. The maximum atomic E-state index is 12.7. The van der Waals surface area contributed by atoms with Crippen molar-refractivity contribution in [2.24, 2.45) is 0 Å². The van der Waals surface area contributed by atoms with E-state index in [2.05, 4.69) is 5.32 Å². The van der Waals surface area contributed by atoms with Crippen molar-refractivity contribution in [2.45, 2.75) is 26.4 Å². The van der Waals surface area contributed by atoms with E-state index in [1.807, 2.05) is 19.1 Å². The Kier molecular flexibility index (Phi) is 6.02. The Balaban J connectivity index is 2.15. The number of hydrogen-bond donors (Lipinski definition) is 1. The molecule has 138 valence electrons. The lowest BCUT2D eigenvalue weighted by atomic mass is 10.1. The van der Waals surface area contributed by atoms with Crippen molar-refractivity contribution in [1.29, 1.82) is 0 Å². The number of nitrogens with one attached hydrogen (secondary N) is 1. The third kappa shape index (κ3) is 4.84. The van der Waals surface area contributed by atoms with Gasteiger partial charge in [0.25, 0.3) is 0 Å². The second-order valence-corrected chi connectivity index (χ2v) is 5.71. The number of carbonyl (C=O) groups is 2. The summed E-state index contributed by atoms with van der Waals surface area (Å²) >= 11 is 0. The fourth-order valence-electron chi connectivity index (χ4n) is 2.50. The van der Waals surface area contributed by atoms with Crippen LogP contribution in [0, 0.1) is 0 Å². The molecule has 0 aromatic heterocycles. The molecule has 0 saturated carbocycles. The van der Waals surface area contributed by atoms with E-state index in [1.165, 1.54) is 19.1 Å². The van der Waals surface area contributed by atoms with Gasteiger partial charge in [0.15, 0.2) is 0 Å². The zero-order valence-corrected chi connectivity index (χ0v) is 14.4. The molecular weight excluding hydrogens is 345 g/mol. The third-order valence-electron chi connectivity index (χ3n) is 3.86. The summed E-state index contributed by atoms with van der Waals surface area (Å²) in [6.07, 6.45) is -3.73. The van der Waals surface area contributed by atoms with Crippen LogP contribution in [0.4, 0.5) is 24.5 Å². The van der Waals surface area contributed by atoms with E-state index in [0.717, 1.165) is 29.0 Å². The van der Waals surface area contributed by atoms with Gasteiger partial charge in [0.2, 0.25) is 11.8 Å². The summed E-state index contributed by atoms with van der Waals surface area (Å²) in [6.45, 7) is 2.92. The Morgan fingerprint density at radius 1 is 1.04 bits per heavy atom. The molecule has 0 spiro atoms. The third-order valence-corrected chi connectivity index (χ3v) is 3.86. The number of anilines is 2. The van der Waals surface area contributed by atoms with Gasteiger partial charge >= 0.3 is 6.18 Å². The summed E-state index contributed by atoms with van der Waals surface area (Å²) < 4.78 is 38.0. The number of hydrogen-bond acceptors (Lipinski definition) is 2. The lowest BCUT2D eigenvalue weighted by Gasteiger charge is -2.21. The molecule has 0 fully saturated rings. The number of carbonyl (C=O) groups excluding carboxylic acids is 2. The average Bonchev–Trinajstić information content (AvgIpc) is 2.59. The van der Waals surface area contributed by atoms with Crippen molar-refractivity contribution in [3.63, 3.8) is 0 Å². The van der Waals surface area contributed by atoms with Crippen LogP contribution in [-0.2, 0) is 22.2 Å². The van der Waals surface area contributed by atoms with Gasteiger partial charge in [0.05, 0.1) is 5.56 Å². The normalized spacial score (nSPS) is 11.1. The predicted molar refractivity (Wildman–Crippen MR) is 93.9 cm³/mol. The van der Waals surface area contributed by atoms with Gasteiger partial charge in [-0.05, 0) is 42.3 Å². The number of nitrogens with zero attached hydrogens (tertiary/aromatic N) is 1. The monoisotopic (exact) mass is 364 g/mol. The zero-order valence-electron chi connectivity index (χ0n) is 14.4. The van der Waals surface area contributed by atoms with Gasteiger partial charge in [0, 0.05) is 18.3 Å². The van der Waals surface area contributed by atoms with Crippen molar-refractivity contribution < 1.29 is 22.8 Å². The first-order valence-corrected chi connectivity index (χ1v) is 8.05. The molecule has 0 heterocycles. The predicted octanol–water partition coefficient (Wildman–Crippen LogP) is 4.26. The largest absolute Gasteiger partial charge is 0.416 e. The van der Waals surface area contributed by atoms with Crippen molar-refractivity contribution in [1.82, 2.24) is 0 Å². The van der Waals surface area contributed by atoms with Crippen LogP contribution in [0.15, 0.2) is 48.5 Å². The minimum absolute atomic E-state index is 0.226. The summed E-state index contributed by atoms with van der Waals surface area (Å²) in [6, 6.07) is 11.4.